The van der Waals surface area contributed by atoms with E-state index < -0.39 is 22.0 Å². The maximum atomic E-state index is 13.1. The maximum Gasteiger partial charge on any atom is 0.242 e. The maximum absolute atomic E-state index is 13.1. The van der Waals surface area contributed by atoms with Gasteiger partial charge < -0.3 is 15.0 Å². The van der Waals surface area contributed by atoms with Crippen LogP contribution in [0.3, 0.4) is 0 Å². The number of nitrogens with zero attached hydrogens (tertiary/aromatic N) is 1. The lowest BCUT2D eigenvalue weighted by atomic mass is 10.0. The number of anilines is 2. The van der Waals surface area contributed by atoms with Gasteiger partial charge in [0.15, 0.2) is 0 Å². The predicted molar refractivity (Wildman–Crippen MR) is 123 cm³/mol. The normalized spacial score (nSPS) is 15.6. The number of aryl methyl sites for hydroxylation is 2. The molecule has 7 nitrogen and oxygen atoms in total. The van der Waals surface area contributed by atoms with Crippen molar-refractivity contribution in [3.05, 3.63) is 52.6 Å². The third-order valence-electron chi connectivity index (χ3n) is 5.80. The molecule has 1 aliphatic heterocycles. The molecule has 1 aliphatic rings. The Morgan fingerprint density at radius 1 is 1.00 bits per heavy atom. The van der Waals surface area contributed by atoms with Crippen LogP contribution in [0.25, 0.3) is 0 Å². The molecule has 2 aromatic rings. The zero-order valence-electron chi connectivity index (χ0n) is 18.8. The van der Waals surface area contributed by atoms with Crippen LogP contribution >= 0.6 is 0 Å². The minimum Gasteiger partial charge on any atom is -0.378 e. The van der Waals surface area contributed by atoms with Gasteiger partial charge in [-0.05, 0) is 81.1 Å². The third kappa shape index (κ3) is 5.26. The molecule has 1 amide bonds. The zero-order chi connectivity index (χ0) is 22.8. The highest BCUT2D eigenvalue weighted by Crippen LogP contribution is 2.26. The van der Waals surface area contributed by atoms with Gasteiger partial charge in [0.2, 0.25) is 15.9 Å². The van der Waals surface area contributed by atoms with Gasteiger partial charge in [-0.3, -0.25) is 4.79 Å². The molecule has 8 heteroatoms. The lowest BCUT2D eigenvalue weighted by molar-refractivity contribution is -0.117. The molecular weight excluding hydrogens is 414 g/mol. The first kappa shape index (κ1) is 23.2. The summed E-state index contributed by atoms with van der Waals surface area (Å²) >= 11 is 0. The van der Waals surface area contributed by atoms with E-state index in [2.05, 4.69) is 14.9 Å². The number of amides is 1. The van der Waals surface area contributed by atoms with E-state index in [-0.39, 0.29) is 4.90 Å². The van der Waals surface area contributed by atoms with Crippen LogP contribution in [0, 0.1) is 27.7 Å². The summed E-state index contributed by atoms with van der Waals surface area (Å²) in [5.74, 6) is -0.414. The summed E-state index contributed by atoms with van der Waals surface area (Å²) in [5, 5.41) is 2.79. The molecule has 0 aliphatic carbocycles. The van der Waals surface area contributed by atoms with Crippen molar-refractivity contribution < 1.29 is 17.9 Å². The van der Waals surface area contributed by atoms with Crippen LogP contribution < -0.4 is 14.9 Å². The summed E-state index contributed by atoms with van der Waals surface area (Å²) in [4.78, 5) is 15.1. The Balaban J connectivity index is 1.69. The zero-order valence-corrected chi connectivity index (χ0v) is 19.6. The number of benzene rings is 2. The van der Waals surface area contributed by atoms with E-state index in [9.17, 15) is 13.2 Å². The molecular formula is C23H31N3O4S. The topological polar surface area (TPSA) is 87.7 Å². The monoisotopic (exact) mass is 445 g/mol. The molecule has 1 atom stereocenters. The first-order valence-corrected chi connectivity index (χ1v) is 11.9. The number of hydrogen-bond donors (Lipinski definition) is 2. The van der Waals surface area contributed by atoms with E-state index in [1.54, 1.807) is 20.8 Å². The lowest BCUT2D eigenvalue weighted by Gasteiger charge is -2.29. The van der Waals surface area contributed by atoms with Gasteiger partial charge in [0.25, 0.3) is 0 Å². The minimum atomic E-state index is -3.85. The Morgan fingerprint density at radius 2 is 1.55 bits per heavy atom. The van der Waals surface area contributed by atoms with Crippen molar-refractivity contribution in [2.24, 2.45) is 0 Å². The van der Waals surface area contributed by atoms with Crippen molar-refractivity contribution in [3.8, 4) is 0 Å². The van der Waals surface area contributed by atoms with Crippen LogP contribution in [0.1, 0.15) is 29.2 Å². The molecule has 0 spiro atoms. The predicted octanol–water partition coefficient (Wildman–Crippen LogP) is 3.06. The number of nitrogens with one attached hydrogen (secondary N) is 2. The van der Waals surface area contributed by atoms with Crippen molar-refractivity contribution in [3.63, 3.8) is 0 Å². The van der Waals surface area contributed by atoms with Gasteiger partial charge in [0, 0.05) is 24.5 Å². The van der Waals surface area contributed by atoms with Crippen molar-refractivity contribution in [1.29, 1.82) is 0 Å². The Hall–Kier alpha value is -2.42. The first-order chi connectivity index (χ1) is 14.6. The van der Waals surface area contributed by atoms with Crippen molar-refractivity contribution in [2.75, 3.05) is 36.5 Å². The van der Waals surface area contributed by atoms with E-state index in [4.69, 9.17) is 4.74 Å². The summed E-state index contributed by atoms with van der Waals surface area (Å²) in [6.07, 6.45) is 0. The Morgan fingerprint density at radius 3 is 2.10 bits per heavy atom. The van der Waals surface area contributed by atoms with Crippen molar-refractivity contribution in [2.45, 2.75) is 45.6 Å². The fraction of sp³-hybridized carbons (Fsp3) is 0.435. The highest BCUT2D eigenvalue weighted by atomic mass is 32.2. The van der Waals surface area contributed by atoms with Crippen LogP contribution in [0.5, 0.6) is 0 Å². The lowest BCUT2D eigenvalue weighted by Crippen LogP contribution is -2.42. The van der Waals surface area contributed by atoms with Gasteiger partial charge in [-0.1, -0.05) is 6.07 Å². The van der Waals surface area contributed by atoms with Crippen LogP contribution in [0.15, 0.2) is 35.2 Å². The average molecular weight is 446 g/mol. The second kappa shape index (κ2) is 9.38. The number of morpholine rings is 1. The Labute approximate surface area is 184 Å². The molecule has 0 saturated carbocycles. The van der Waals surface area contributed by atoms with Gasteiger partial charge in [-0.25, -0.2) is 8.42 Å². The number of carbonyl (C=O) groups is 1. The molecule has 1 heterocycles. The van der Waals surface area contributed by atoms with E-state index in [1.807, 2.05) is 44.2 Å². The quantitative estimate of drug-likeness (QED) is 0.714. The molecule has 2 aromatic carbocycles. The molecule has 0 unspecified atom stereocenters. The molecule has 2 N–H and O–H groups in total. The van der Waals surface area contributed by atoms with Gasteiger partial charge in [-0.2, -0.15) is 4.72 Å². The number of ether oxygens (including phenoxy) is 1. The Kier molecular flexibility index (Phi) is 7.03. The van der Waals surface area contributed by atoms with Crippen LogP contribution in [0.4, 0.5) is 11.4 Å². The highest BCUT2D eigenvalue weighted by molar-refractivity contribution is 7.89. The third-order valence-corrected chi connectivity index (χ3v) is 7.62. The fourth-order valence-electron chi connectivity index (χ4n) is 3.76. The summed E-state index contributed by atoms with van der Waals surface area (Å²) in [6, 6.07) is 8.57. The summed E-state index contributed by atoms with van der Waals surface area (Å²) in [6.45, 7) is 12.0. The van der Waals surface area contributed by atoms with Crippen LogP contribution in [-0.4, -0.2) is 46.7 Å². The van der Waals surface area contributed by atoms with Gasteiger partial charge in [-0.15, -0.1) is 0 Å². The SMILES string of the molecule is Cc1cc(C)c(C)c(S(=O)(=O)N[C@@H](C)C(=O)Nc2ccc(N3CCOCC3)cc2)c1C. The van der Waals surface area contributed by atoms with E-state index in [1.165, 1.54) is 0 Å². The van der Waals surface area contributed by atoms with Gasteiger partial charge >= 0.3 is 0 Å². The molecule has 168 valence electrons. The summed E-state index contributed by atoms with van der Waals surface area (Å²) in [5.41, 5.74) is 4.88. The van der Waals surface area contributed by atoms with E-state index in [0.29, 0.717) is 30.0 Å². The summed E-state index contributed by atoms with van der Waals surface area (Å²) in [7, 11) is -3.85. The standard InChI is InChI=1S/C23H31N3O4S/c1-15-14-16(2)18(4)22(17(15)3)31(28,29)25-19(5)23(27)24-20-6-8-21(9-7-20)26-10-12-30-13-11-26/h6-9,14,19,25H,10-13H2,1-5H3,(H,24,27)/t19-/m0/s1. The molecule has 0 bridgehead atoms. The first-order valence-electron chi connectivity index (χ1n) is 10.4. The van der Waals surface area contributed by atoms with Crippen molar-refractivity contribution >= 4 is 27.3 Å². The molecule has 1 fully saturated rings. The average Bonchev–Trinajstić information content (AvgIpc) is 2.73. The molecule has 0 aromatic heterocycles. The van der Waals surface area contributed by atoms with E-state index in [0.717, 1.165) is 29.9 Å². The molecule has 3 rings (SSSR count). The number of rotatable bonds is 6. The minimum absolute atomic E-state index is 0.250. The second-order valence-electron chi connectivity index (χ2n) is 8.07. The number of sulfonamides is 1. The summed E-state index contributed by atoms with van der Waals surface area (Å²) < 4.78 is 34.0. The number of hydrogen-bond acceptors (Lipinski definition) is 5. The number of carbonyl (C=O) groups excluding carboxylic acids is 1. The Bertz CT molecular complexity index is 1030. The fourth-order valence-corrected chi connectivity index (χ4v) is 5.58. The van der Waals surface area contributed by atoms with E-state index >= 15 is 0 Å². The van der Waals surface area contributed by atoms with Crippen molar-refractivity contribution in [1.82, 2.24) is 4.72 Å². The van der Waals surface area contributed by atoms with Gasteiger partial charge in [0.05, 0.1) is 24.2 Å². The molecule has 0 radical (unpaired) electrons. The van der Waals surface area contributed by atoms with Crippen LogP contribution in [0.2, 0.25) is 0 Å². The largest absolute Gasteiger partial charge is 0.378 e. The highest BCUT2D eigenvalue weighted by Gasteiger charge is 2.26. The van der Waals surface area contributed by atoms with Crippen LogP contribution in [-0.2, 0) is 19.6 Å². The molecule has 1 saturated heterocycles. The smallest absolute Gasteiger partial charge is 0.242 e. The van der Waals surface area contributed by atoms with Gasteiger partial charge in [0.1, 0.15) is 0 Å². The molecule has 31 heavy (non-hydrogen) atoms. The second-order valence-corrected chi connectivity index (χ2v) is 9.72.